The van der Waals surface area contributed by atoms with Crippen LogP contribution in [-0.4, -0.2) is 31.3 Å². The van der Waals surface area contributed by atoms with Crippen LogP contribution in [0.4, 0.5) is 11.5 Å². The molecule has 148 valence electrons. The number of pyridine rings is 1. The molecular weight excluding hydrogens is 370 g/mol. The largest absolute Gasteiger partial charge is 0.497 e. The summed E-state index contributed by atoms with van der Waals surface area (Å²) < 4.78 is 15.8. The Kier molecular flexibility index (Phi) is 5.47. The fourth-order valence-electron chi connectivity index (χ4n) is 2.98. The number of aromatic nitrogens is 1. The van der Waals surface area contributed by atoms with E-state index < -0.39 is 0 Å². The molecule has 2 heterocycles. The van der Waals surface area contributed by atoms with Crippen LogP contribution in [0.5, 0.6) is 17.2 Å². The van der Waals surface area contributed by atoms with Crippen molar-refractivity contribution >= 4 is 17.4 Å². The number of fused-ring (bicyclic) bond motifs is 1. The van der Waals surface area contributed by atoms with Gasteiger partial charge in [0.25, 0.3) is 5.91 Å². The minimum Gasteiger partial charge on any atom is -0.497 e. The Morgan fingerprint density at radius 3 is 2.83 bits per heavy atom. The molecule has 0 saturated carbocycles. The van der Waals surface area contributed by atoms with Crippen LogP contribution in [-0.2, 0) is 6.42 Å². The Labute approximate surface area is 168 Å². The number of benzene rings is 2. The van der Waals surface area contributed by atoms with Crippen molar-refractivity contribution in [2.24, 2.45) is 0 Å². The number of ether oxygens (including phenoxy) is 3. The number of hydrogen-bond donors (Lipinski definition) is 2. The molecule has 0 spiro atoms. The molecule has 1 aliphatic heterocycles. The van der Waals surface area contributed by atoms with Crippen LogP contribution in [0.3, 0.4) is 0 Å². The fourth-order valence-corrected chi connectivity index (χ4v) is 2.98. The van der Waals surface area contributed by atoms with E-state index in [0.717, 1.165) is 24.5 Å². The van der Waals surface area contributed by atoms with Gasteiger partial charge >= 0.3 is 0 Å². The first-order valence-corrected chi connectivity index (χ1v) is 9.25. The van der Waals surface area contributed by atoms with E-state index in [1.807, 2.05) is 30.3 Å². The van der Waals surface area contributed by atoms with Gasteiger partial charge in [-0.3, -0.25) is 4.79 Å². The first-order valence-electron chi connectivity index (χ1n) is 9.25. The van der Waals surface area contributed by atoms with Crippen molar-refractivity contribution in [2.45, 2.75) is 6.42 Å². The summed E-state index contributed by atoms with van der Waals surface area (Å²) in [6.07, 6.45) is 2.47. The van der Waals surface area contributed by atoms with Crippen LogP contribution in [0.15, 0.2) is 60.8 Å². The number of carbonyl (C=O) groups is 1. The van der Waals surface area contributed by atoms with Crippen molar-refractivity contribution in [3.8, 4) is 17.2 Å². The maximum absolute atomic E-state index is 12.4. The van der Waals surface area contributed by atoms with E-state index >= 15 is 0 Å². The molecule has 0 saturated heterocycles. The second-order valence-corrected chi connectivity index (χ2v) is 6.48. The summed E-state index contributed by atoms with van der Waals surface area (Å²) in [7, 11) is 1.66. The topological polar surface area (TPSA) is 81.7 Å². The predicted octanol–water partition coefficient (Wildman–Crippen LogP) is 3.73. The number of nitrogens with one attached hydrogen (secondary N) is 2. The summed E-state index contributed by atoms with van der Waals surface area (Å²) in [6.45, 7) is 0.916. The fraction of sp³-hybridized carbons (Fsp3) is 0.182. The standard InChI is InChI=1S/C22H21N3O4/c1-27-18-4-2-3-15(11-18)9-10-23-21-8-6-17(13-24-21)25-22(26)16-5-7-19-20(12-16)29-14-28-19/h2-8,11-13H,9-10,14H2,1H3,(H,23,24)(H,25,26). The highest BCUT2D eigenvalue weighted by Gasteiger charge is 2.16. The maximum atomic E-state index is 12.4. The molecule has 0 radical (unpaired) electrons. The molecule has 4 rings (SSSR count). The van der Waals surface area contributed by atoms with Crippen LogP contribution < -0.4 is 24.8 Å². The number of nitrogens with zero attached hydrogens (tertiary/aromatic N) is 1. The Bertz CT molecular complexity index is 1010. The number of carbonyl (C=O) groups excluding carboxylic acids is 1. The van der Waals surface area contributed by atoms with Gasteiger partial charge in [0, 0.05) is 12.1 Å². The lowest BCUT2D eigenvalue weighted by molar-refractivity contribution is 0.102. The lowest BCUT2D eigenvalue weighted by atomic mass is 10.1. The normalized spacial score (nSPS) is 11.8. The number of rotatable bonds is 7. The molecule has 2 N–H and O–H groups in total. The zero-order valence-electron chi connectivity index (χ0n) is 16.0. The van der Waals surface area contributed by atoms with Gasteiger partial charge in [-0.25, -0.2) is 4.98 Å². The zero-order chi connectivity index (χ0) is 20.1. The van der Waals surface area contributed by atoms with Gasteiger partial charge in [-0.05, 0) is 54.4 Å². The zero-order valence-corrected chi connectivity index (χ0v) is 16.0. The Hall–Kier alpha value is -3.74. The van der Waals surface area contributed by atoms with Gasteiger partial charge in [-0.2, -0.15) is 0 Å². The molecule has 2 aromatic carbocycles. The van der Waals surface area contributed by atoms with Gasteiger partial charge in [-0.1, -0.05) is 12.1 Å². The highest BCUT2D eigenvalue weighted by atomic mass is 16.7. The van der Waals surface area contributed by atoms with Gasteiger partial charge < -0.3 is 24.8 Å². The van der Waals surface area contributed by atoms with Gasteiger partial charge in [-0.15, -0.1) is 0 Å². The molecule has 0 aliphatic carbocycles. The maximum Gasteiger partial charge on any atom is 0.255 e. The molecule has 0 atom stereocenters. The average molecular weight is 391 g/mol. The van der Waals surface area contributed by atoms with Crippen molar-refractivity contribution in [3.05, 3.63) is 71.9 Å². The van der Waals surface area contributed by atoms with E-state index in [0.29, 0.717) is 22.7 Å². The second-order valence-electron chi connectivity index (χ2n) is 6.48. The molecule has 3 aromatic rings. The lowest BCUT2D eigenvalue weighted by Gasteiger charge is -2.09. The summed E-state index contributed by atoms with van der Waals surface area (Å²) >= 11 is 0. The number of methoxy groups -OCH3 is 1. The van der Waals surface area contributed by atoms with Crippen molar-refractivity contribution in [3.63, 3.8) is 0 Å². The lowest BCUT2D eigenvalue weighted by Crippen LogP contribution is -2.12. The third-order valence-electron chi connectivity index (χ3n) is 4.51. The van der Waals surface area contributed by atoms with Crippen LogP contribution >= 0.6 is 0 Å². The van der Waals surface area contributed by atoms with E-state index in [1.54, 1.807) is 31.5 Å². The number of hydrogen-bond acceptors (Lipinski definition) is 6. The molecule has 1 aliphatic rings. The molecular formula is C22H21N3O4. The molecule has 7 heteroatoms. The molecule has 29 heavy (non-hydrogen) atoms. The Balaban J connectivity index is 1.30. The third kappa shape index (κ3) is 4.57. The van der Waals surface area contributed by atoms with Crippen LogP contribution in [0.2, 0.25) is 0 Å². The molecule has 1 amide bonds. The molecule has 7 nitrogen and oxygen atoms in total. The van der Waals surface area contributed by atoms with E-state index in [1.165, 1.54) is 5.56 Å². The van der Waals surface area contributed by atoms with Crippen LogP contribution in [0, 0.1) is 0 Å². The summed E-state index contributed by atoms with van der Waals surface area (Å²) in [5.74, 6) is 2.58. The highest BCUT2D eigenvalue weighted by molar-refractivity contribution is 6.04. The highest BCUT2D eigenvalue weighted by Crippen LogP contribution is 2.32. The average Bonchev–Trinajstić information content (AvgIpc) is 3.23. The van der Waals surface area contributed by atoms with Crippen LogP contribution in [0.1, 0.15) is 15.9 Å². The Morgan fingerprint density at radius 2 is 2.00 bits per heavy atom. The summed E-state index contributed by atoms with van der Waals surface area (Å²) in [5, 5.41) is 6.11. The van der Waals surface area contributed by atoms with Crippen molar-refractivity contribution in [1.82, 2.24) is 4.98 Å². The van der Waals surface area contributed by atoms with Crippen LogP contribution in [0.25, 0.3) is 0 Å². The van der Waals surface area contributed by atoms with E-state index in [4.69, 9.17) is 14.2 Å². The smallest absolute Gasteiger partial charge is 0.255 e. The minimum atomic E-state index is -0.233. The monoisotopic (exact) mass is 391 g/mol. The number of anilines is 2. The van der Waals surface area contributed by atoms with Crippen molar-refractivity contribution in [2.75, 3.05) is 31.1 Å². The molecule has 0 fully saturated rings. The third-order valence-corrected chi connectivity index (χ3v) is 4.51. The van der Waals surface area contributed by atoms with E-state index in [9.17, 15) is 4.79 Å². The van der Waals surface area contributed by atoms with Crippen molar-refractivity contribution < 1.29 is 19.0 Å². The van der Waals surface area contributed by atoms with Gasteiger partial charge in [0.05, 0.1) is 19.0 Å². The summed E-state index contributed by atoms with van der Waals surface area (Å²) in [4.78, 5) is 16.8. The van der Waals surface area contributed by atoms with Gasteiger partial charge in [0.2, 0.25) is 6.79 Å². The first-order chi connectivity index (χ1) is 14.2. The van der Waals surface area contributed by atoms with Gasteiger partial charge in [0.1, 0.15) is 11.6 Å². The quantitative estimate of drug-likeness (QED) is 0.639. The SMILES string of the molecule is COc1cccc(CCNc2ccc(NC(=O)c3ccc4c(c3)OCO4)cn2)c1. The summed E-state index contributed by atoms with van der Waals surface area (Å²) in [5.41, 5.74) is 2.30. The second kappa shape index (κ2) is 8.52. The first kappa shape index (κ1) is 18.6. The van der Waals surface area contributed by atoms with E-state index in [-0.39, 0.29) is 12.7 Å². The van der Waals surface area contributed by atoms with E-state index in [2.05, 4.69) is 21.7 Å². The Morgan fingerprint density at radius 1 is 1.10 bits per heavy atom. The van der Waals surface area contributed by atoms with Crippen molar-refractivity contribution in [1.29, 1.82) is 0 Å². The van der Waals surface area contributed by atoms with Gasteiger partial charge in [0.15, 0.2) is 11.5 Å². The molecule has 1 aromatic heterocycles. The summed E-state index contributed by atoms with van der Waals surface area (Å²) in [6, 6.07) is 16.7. The predicted molar refractivity (Wildman–Crippen MR) is 110 cm³/mol. The number of amides is 1. The molecule has 0 bridgehead atoms. The molecule has 0 unspecified atom stereocenters. The minimum absolute atomic E-state index is 0.177.